The topological polar surface area (TPSA) is 179 Å². The molecule has 2 saturated heterocycles. The van der Waals surface area contributed by atoms with E-state index in [0.29, 0.717) is 42.0 Å². The SMILES string of the molecule is Cc1ncsc1-c1ccc([C@H](C)NC(=O)[C@@H]2C[C@@H](O)CN2C(=O)[C@@H](c2cc(OCCN3CC(C4(C)CNc5nnc(-c6ccccc6O)cc54)C3)no2)C(C)C)cc1. The molecule has 14 nitrogen and oxygen atoms in total. The number of benzene rings is 2. The maximum absolute atomic E-state index is 14.2. The number of hydrogen-bond acceptors (Lipinski definition) is 13. The Labute approximate surface area is 341 Å². The summed E-state index contributed by atoms with van der Waals surface area (Å²) in [6.45, 7) is 13.7. The van der Waals surface area contributed by atoms with Crippen molar-refractivity contribution in [1.29, 1.82) is 0 Å². The fourth-order valence-corrected chi connectivity index (χ4v) is 9.35. The first-order valence-electron chi connectivity index (χ1n) is 19.9. The largest absolute Gasteiger partial charge is 0.507 e. The number of phenols is 1. The summed E-state index contributed by atoms with van der Waals surface area (Å²) in [7, 11) is 0. The summed E-state index contributed by atoms with van der Waals surface area (Å²) in [5.41, 5.74) is 7.09. The molecule has 0 saturated carbocycles. The number of aromatic hydroxyl groups is 1. The summed E-state index contributed by atoms with van der Waals surface area (Å²) in [5.74, 6) is 0.500. The van der Waals surface area contributed by atoms with Crippen LogP contribution < -0.4 is 15.4 Å². The van der Waals surface area contributed by atoms with E-state index in [2.05, 4.69) is 42.8 Å². The van der Waals surface area contributed by atoms with Gasteiger partial charge in [0.1, 0.15) is 24.3 Å². The number of carbonyl (C=O) groups excluding carboxylic acids is 2. The van der Waals surface area contributed by atoms with Crippen LogP contribution in [0.4, 0.5) is 5.82 Å². The Kier molecular flexibility index (Phi) is 11.0. The van der Waals surface area contributed by atoms with Crippen molar-refractivity contribution < 1.29 is 29.1 Å². The second kappa shape index (κ2) is 16.1. The molecule has 3 aliphatic heterocycles. The summed E-state index contributed by atoms with van der Waals surface area (Å²) in [4.78, 5) is 37.1. The van der Waals surface area contributed by atoms with E-state index in [1.807, 2.05) is 75.7 Å². The monoisotopic (exact) mass is 806 g/mol. The lowest BCUT2D eigenvalue weighted by molar-refractivity contribution is -0.141. The third-order valence-electron chi connectivity index (χ3n) is 12.1. The van der Waals surface area contributed by atoms with Crippen LogP contribution in [0.3, 0.4) is 0 Å². The van der Waals surface area contributed by atoms with E-state index in [1.165, 1.54) is 4.90 Å². The molecule has 15 heteroatoms. The molecule has 0 aliphatic carbocycles. The van der Waals surface area contributed by atoms with Gasteiger partial charge < -0.3 is 35.0 Å². The summed E-state index contributed by atoms with van der Waals surface area (Å²) in [6.07, 6.45) is -0.673. The number of β-amino-alcohol motifs (C(OH)–C–C–N with tert-alkyl or cyclic N) is 1. The van der Waals surface area contributed by atoms with Gasteiger partial charge in [0.2, 0.25) is 11.8 Å². The molecular formula is C43H50N8O6S. The molecule has 3 aliphatic rings. The highest BCUT2D eigenvalue weighted by Gasteiger charge is 2.48. The van der Waals surface area contributed by atoms with Crippen LogP contribution in [-0.2, 0) is 15.0 Å². The summed E-state index contributed by atoms with van der Waals surface area (Å²) in [6, 6.07) is 17.8. The van der Waals surface area contributed by atoms with Crippen LogP contribution >= 0.6 is 11.3 Å². The highest BCUT2D eigenvalue weighted by molar-refractivity contribution is 7.13. The van der Waals surface area contributed by atoms with E-state index in [-0.39, 0.29) is 47.9 Å². The third-order valence-corrected chi connectivity index (χ3v) is 13.1. The number of phenolic OH excluding ortho intramolecular Hbond substituents is 1. The van der Waals surface area contributed by atoms with E-state index in [0.717, 1.165) is 52.7 Å². The number of ether oxygens (including phenoxy) is 1. The van der Waals surface area contributed by atoms with E-state index in [9.17, 15) is 19.8 Å². The number of thiazole rings is 1. The number of rotatable bonds is 13. The number of fused-ring (bicyclic) bond motifs is 1. The zero-order valence-corrected chi connectivity index (χ0v) is 34.2. The number of aryl methyl sites for hydroxylation is 1. The minimum atomic E-state index is -0.827. The van der Waals surface area contributed by atoms with Gasteiger partial charge >= 0.3 is 0 Å². The molecule has 8 rings (SSSR count). The van der Waals surface area contributed by atoms with Crippen LogP contribution in [-0.4, -0.2) is 104 Å². The second-order valence-electron chi connectivity index (χ2n) is 16.4. The number of carbonyl (C=O) groups is 2. The fraction of sp³-hybridized carbons (Fsp3) is 0.442. The van der Waals surface area contributed by atoms with Gasteiger partial charge in [0.15, 0.2) is 11.6 Å². The van der Waals surface area contributed by atoms with Crippen LogP contribution in [0.1, 0.15) is 68.7 Å². The standard InChI is InChI=1S/C43H50N8O6S/c1-24(2)38(42(55)51-21-30(52)16-34(51)41(54)46-25(3)27-10-12-28(13-11-27)39-26(4)45-23-58-39)36-18-37(49-57-36)56-15-14-50-19-29(20-50)43(5)22-44-40-32(43)17-33(47-48-40)31-8-6-7-9-35(31)53/h6-13,17-18,23-25,29-30,34,38,52-53H,14-16,19-22H2,1-5H3,(H,44,48)(H,46,54)/t25-,30+,34-,38+,43?/m0/s1. The number of likely N-dealkylation sites (tertiary alicyclic amines) is 2. The first-order chi connectivity index (χ1) is 27.9. The lowest BCUT2D eigenvalue weighted by atomic mass is 9.70. The van der Waals surface area contributed by atoms with Gasteiger partial charge in [0, 0.05) is 61.8 Å². The predicted octanol–water partition coefficient (Wildman–Crippen LogP) is 5.54. The van der Waals surface area contributed by atoms with Gasteiger partial charge in [-0.3, -0.25) is 14.5 Å². The van der Waals surface area contributed by atoms with Crippen LogP contribution in [0.5, 0.6) is 11.6 Å². The van der Waals surface area contributed by atoms with Gasteiger partial charge in [-0.1, -0.05) is 57.2 Å². The number of anilines is 1. The molecule has 0 bridgehead atoms. The van der Waals surface area contributed by atoms with Crippen molar-refractivity contribution >= 4 is 29.0 Å². The van der Waals surface area contributed by atoms with Gasteiger partial charge in [0.05, 0.1) is 33.9 Å². The van der Waals surface area contributed by atoms with E-state index < -0.39 is 18.1 Å². The van der Waals surface area contributed by atoms with Gasteiger partial charge in [0.25, 0.3) is 5.88 Å². The number of aromatic nitrogens is 4. The van der Waals surface area contributed by atoms with Crippen LogP contribution in [0.25, 0.3) is 21.7 Å². The lowest BCUT2D eigenvalue weighted by Crippen LogP contribution is -2.56. The quantitative estimate of drug-likeness (QED) is 0.117. The fourth-order valence-electron chi connectivity index (χ4n) is 8.54. The maximum atomic E-state index is 14.2. The van der Waals surface area contributed by atoms with Crippen molar-refractivity contribution in [3.05, 3.63) is 88.8 Å². The predicted molar refractivity (Wildman–Crippen MR) is 219 cm³/mol. The number of nitrogens with one attached hydrogen (secondary N) is 2. The number of amides is 2. The average molecular weight is 807 g/mol. The first kappa shape index (κ1) is 39.4. The molecule has 2 fully saturated rings. The second-order valence-corrected chi connectivity index (χ2v) is 17.2. The molecule has 4 N–H and O–H groups in total. The minimum absolute atomic E-state index is 0.0532. The molecule has 2 amide bonds. The molecule has 2 aromatic carbocycles. The van der Waals surface area contributed by atoms with Crippen molar-refractivity contribution in [3.8, 4) is 33.3 Å². The Morgan fingerprint density at radius 2 is 1.86 bits per heavy atom. The van der Waals surface area contributed by atoms with Crippen LogP contribution in [0, 0.1) is 18.8 Å². The van der Waals surface area contributed by atoms with Crippen LogP contribution in [0.15, 0.2) is 70.7 Å². The van der Waals surface area contributed by atoms with Crippen LogP contribution in [0.2, 0.25) is 0 Å². The van der Waals surface area contributed by atoms with Gasteiger partial charge in [-0.25, -0.2) is 4.98 Å². The van der Waals surface area contributed by atoms with Crippen molar-refractivity contribution in [2.45, 2.75) is 70.6 Å². The Hall–Kier alpha value is -5.38. The molecular weight excluding hydrogens is 757 g/mol. The average Bonchev–Trinajstić information content (AvgIpc) is 4.00. The number of hydrogen-bond donors (Lipinski definition) is 4. The zero-order chi connectivity index (χ0) is 40.7. The van der Waals surface area contributed by atoms with E-state index in [1.54, 1.807) is 29.5 Å². The Morgan fingerprint density at radius 3 is 2.59 bits per heavy atom. The number of aliphatic hydroxyl groups excluding tert-OH is 1. The summed E-state index contributed by atoms with van der Waals surface area (Å²) < 4.78 is 11.7. The van der Waals surface area contributed by atoms with Crippen molar-refractivity contribution in [3.63, 3.8) is 0 Å². The first-order valence-corrected chi connectivity index (χ1v) is 20.8. The molecule has 3 aromatic heterocycles. The third kappa shape index (κ3) is 7.65. The molecule has 5 atom stereocenters. The van der Waals surface area contributed by atoms with Gasteiger partial charge in [-0.05, 0) is 60.2 Å². The smallest absolute Gasteiger partial charge is 0.254 e. The summed E-state index contributed by atoms with van der Waals surface area (Å²) >= 11 is 1.59. The molecule has 6 heterocycles. The Bertz CT molecular complexity index is 2270. The Morgan fingerprint density at radius 1 is 1.09 bits per heavy atom. The molecule has 58 heavy (non-hydrogen) atoms. The van der Waals surface area contributed by atoms with Gasteiger partial charge in [-0.2, -0.15) is 0 Å². The lowest BCUT2D eigenvalue weighted by Gasteiger charge is -2.47. The molecule has 1 unspecified atom stereocenters. The van der Waals surface area contributed by atoms with Crippen molar-refractivity contribution in [2.75, 3.05) is 44.6 Å². The minimum Gasteiger partial charge on any atom is -0.507 e. The normalized spacial score (nSPS) is 21.7. The molecule has 5 aromatic rings. The zero-order valence-electron chi connectivity index (χ0n) is 33.4. The molecule has 0 spiro atoms. The molecule has 0 radical (unpaired) electrons. The highest BCUT2D eigenvalue weighted by atomic mass is 32.1. The van der Waals surface area contributed by atoms with E-state index >= 15 is 0 Å². The van der Waals surface area contributed by atoms with E-state index in [4.69, 9.17) is 9.26 Å². The maximum Gasteiger partial charge on any atom is 0.254 e. The number of para-hydroxylation sites is 1. The van der Waals surface area contributed by atoms with Crippen molar-refractivity contribution in [2.24, 2.45) is 11.8 Å². The molecule has 304 valence electrons. The Balaban J connectivity index is 0.848. The van der Waals surface area contributed by atoms with Gasteiger partial charge in [-0.15, -0.1) is 21.5 Å². The van der Waals surface area contributed by atoms with Crippen molar-refractivity contribution in [1.82, 2.24) is 35.5 Å². The summed E-state index contributed by atoms with van der Waals surface area (Å²) in [5, 5.41) is 40.5. The highest BCUT2D eigenvalue weighted by Crippen LogP contribution is 2.45. The number of aliphatic hydroxyl groups is 1. The number of nitrogens with zero attached hydrogens (tertiary/aromatic N) is 6.